The molecule has 0 bridgehead atoms. The van der Waals surface area contributed by atoms with Crippen LogP contribution >= 0.6 is 0 Å². The molecule has 0 aliphatic carbocycles. The molecule has 4 heteroatoms. The van der Waals surface area contributed by atoms with E-state index < -0.39 is 0 Å². The van der Waals surface area contributed by atoms with Crippen molar-refractivity contribution in [2.24, 2.45) is 5.92 Å². The minimum absolute atomic E-state index is 0.113. The molecule has 1 rings (SSSR count). The zero-order valence-corrected chi connectivity index (χ0v) is 13.4. The van der Waals surface area contributed by atoms with Gasteiger partial charge in [0.1, 0.15) is 0 Å². The molecule has 1 aromatic heterocycles. The molecule has 0 spiro atoms. The van der Waals surface area contributed by atoms with Crippen LogP contribution in [0.4, 0.5) is 0 Å². The number of amides is 1. The van der Waals surface area contributed by atoms with Crippen molar-refractivity contribution in [3.63, 3.8) is 0 Å². The summed E-state index contributed by atoms with van der Waals surface area (Å²) in [6.45, 7) is 12.2. The minimum Gasteiger partial charge on any atom is -0.354 e. The second-order valence-corrected chi connectivity index (χ2v) is 5.93. The number of aryl methyl sites for hydroxylation is 1. The molecule has 1 unspecified atom stereocenters. The third-order valence-electron chi connectivity index (χ3n) is 3.27. The fourth-order valence-electron chi connectivity index (χ4n) is 2.37. The average Bonchev–Trinajstić information content (AvgIpc) is 2.80. The molecular weight excluding hydrogens is 250 g/mol. The highest BCUT2D eigenvalue weighted by molar-refractivity contribution is 5.76. The van der Waals surface area contributed by atoms with Crippen LogP contribution in [0.15, 0.2) is 18.5 Å². The zero-order valence-electron chi connectivity index (χ0n) is 13.4. The van der Waals surface area contributed by atoms with Crippen LogP contribution in [0.2, 0.25) is 0 Å². The lowest BCUT2D eigenvalue weighted by molar-refractivity contribution is -0.121. The molecular formula is C16H29N3O. The number of carbonyl (C=O) groups excluding carboxylic acids is 1. The summed E-state index contributed by atoms with van der Waals surface area (Å²) in [7, 11) is 0. The quantitative estimate of drug-likeness (QED) is 0.768. The molecule has 1 amide bonds. The van der Waals surface area contributed by atoms with Crippen molar-refractivity contribution in [1.29, 1.82) is 0 Å². The number of rotatable bonds is 8. The average molecular weight is 279 g/mol. The number of nitrogens with zero attached hydrogens (tertiary/aromatic N) is 1. The molecule has 0 aromatic carbocycles. The first-order chi connectivity index (χ1) is 9.43. The van der Waals surface area contributed by atoms with Crippen molar-refractivity contribution in [2.75, 3.05) is 6.54 Å². The molecule has 1 heterocycles. The highest BCUT2D eigenvalue weighted by atomic mass is 16.1. The van der Waals surface area contributed by atoms with Gasteiger partial charge in [0.2, 0.25) is 5.91 Å². The van der Waals surface area contributed by atoms with Gasteiger partial charge in [-0.15, -0.1) is 0 Å². The Morgan fingerprint density at radius 2 is 2.00 bits per heavy atom. The molecule has 0 saturated heterocycles. The van der Waals surface area contributed by atoms with Crippen molar-refractivity contribution in [2.45, 2.75) is 59.7 Å². The summed E-state index contributed by atoms with van der Waals surface area (Å²) in [4.78, 5) is 11.6. The normalized spacial score (nSPS) is 12.9. The van der Waals surface area contributed by atoms with Gasteiger partial charge in [-0.25, -0.2) is 0 Å². The molecule has 114 valence electrons. The summed E-state index contributed by atoms with van der Waals surface area (Å²) in [6.07, 6.45) is 4.74. The highest BCUT2D eigenvalue weighted by Crippen LogP contribution is 2.21. The Hall–Kier alpha value is -1.29. The third kappa shape index (κ3) is 5.37. The molecule has 20 heavy (non-hydrogen) atoms. The topological polar surface area (TPSA) is 46.1 Å². The van der Waals surface area contributed by atoms with E-state index in [0.717, 1.165) is 13.1 Å². The predicted octanol–water partition coefficient (Wildman–Crippen LogP) is 2.71. The molecule has 0 fully saturated rings. The highest BCUT2D eigenvalue weighted by Gasteiger charge is 2.15. The van der Waals surface area contributed by atoms with E-state index in [-0.39, 0.29) is 11.9 Å². The second-order valence-electron chi connectivity index (χ2n) is 5.93. The van der Waals surface area contributed by atoms with Gasteiger partial charge < -0.3 is 15.2 Å². The Labute approximate surface area is 122 Å². The van der Waals surface area contributed by atoms with Crippen LogP contribution < -0.4 is 10.6 Å². The molecule has 2 N–H and O–H groups in total. The van der Waals surface area contributed by atoms with Crippen LogP contribution in [-0.4, -0.2) is 23.1 Å². The monoisotopic (exact) mass is 279 g/mol. The Bertz CT molecular complexity index is 410. The first-order valence-electron chi connectivity index (χ1n) is 7.62. The van der Waals surface area contributed by atoms with E-state index in [4.69, 9.17) is 0 Å². The Morgan fingerprint density at radius 3 is 2.55 bits per heavy atom. The van der Waals surface area contributed by atoms with Gasteiger partial charge in [-0.2, -0.15) is 0 Å². The smallest absolute Gasteiger partial charge is 0.221 e. The van der Waals surface area contributed by atoms with Crippen LogP contribution in [0.5, 0.6) is 0 Å². The lowest BCUT2D eigenvalue weighted by Crippen LogP contribution is -2.30. The van der Waals surface area contributed by atoms with E-state index >= 15 is 0 Å². The molecule has 4 nitrogen and oxygen atoms in total. The fraction of sp³-hybridized carbons (Fsp3) is 0.688. The summed E-state index contributed by atoms with van der Waals surface area (Å²) >= 11 is 0. The van der Waals surface area contributed by atoms with Gasteiger partial charge in [0, 0.05) is 37.4 Å². The SMILES string of the molecule is CCNC(c1ccn(CCC(=O)NC(C)C)c1)C(C)C. The van der Waals surface area contributed by atoms with Gasteiger partial charge in [0.05, 0.1) is 0 Å². The number of carbonyl (C=O) groups is 1. The number of hydrogen-bond donors (Lipinski definition) is 2. The van der Waals surface area contributed by atoms with Crippen LogP contribution in [-0.2, 0) is 11.3 Å². The zero-order chi connectivity index (χ0) is 15.1. The van der Waals surface area contributed by atoms with Crippen LogP contribution in [0, 0.1) is 5.92 Å². The first-order valence-corrected chi connectivity index (χ1v) is 7.62. The molecule has 1 aromatic rings. The Kier molecular flexibility index (Phi) is 6.79. The summed E-state index contributed by atoms with van der Waals surface area (Å²) in [5, 5.41) is 6.43. The van der Waals surface area contributed by atoms with Crippen molar-refractivity contribution in [3.05, 3.63) is 24.0 Å². The van der Waals surface area contributed by atoms with Gasteiger partial charge in [0.25, 0.3) is 0 Å². The maximum atomic E-state index is 11.6. The summed E-state index contributed by atoms with van der Waals surface area (Å²) in [5.41, 5.74) is 1.30. The van der Waals surface area contributed by atoms with E-state index in [9.17, 15) is 4.79 Å². The molecule has 0 aliphatic heterocycles. The minimum atomic E-state index is 0.113. The molecule has 1 atom stereocenters. The van der Waals surface area contributed by atoms with Crippen molar-refractivity contribution >= 4 is 5.91 Å². The summed E-state index contributed by atoms with van der Waals surface area (Å²) in [5.74, 6) is 0.664. The van der Waals surface area contributed by atoms with Crippen molar-refractivity contribution in [1.82, 2.24) is 15.2 Å². The largest absolute Gasteiger partial charge is 0.354 e. The Morgan fingerprint density at radius 1 is 1.30 bits per heavy atom. The van der Waals surface area contributed by atoms with Crippen molar-refractivity contribution in [3.8, 4) is 0 Å². The van der Waals surface area contributed by atoms with Gasteiger partial charge in [0.15, 0.2) is 0 Å². The lowest BCUT2D eigenvalue weighted by atomic mass is 9.98. The van der Waals surface area contributed by atoms with E-state index in [1.54, 1.807) is 0 Å². The third-order valence-corrected chi connectivity index (χ3v) is 3.27. The Balaban J connectivity index is 2.56. The van der Waals surface area contributed by atoms with Gasteiger partial charge in [-0.05, 0) is 37.9 Å². The standard InChI is InChI=1S/C16H29N3O/c1-6-17-16(12(2)3)14-7-9-19(11-14)10-8-15(20)18-13(4)5/h7,9,11-13,16-17H,6,8,10H2,1-5H3,(H,18,20). The van der Waals surface area contributed by atoms with Gasteiger partial charge in [-0.1, -0.05) is 20.8 Å². The number of hydrogen-bond acceptors (Lipinski definition) is 2. The predicted molar refractivity (Wildman–Crippen MR) is 83.6 cm³/mol. The van der Waals surface area contributed by atoms with Crippen LogP contribution in [0.3, 0.4) is 0 Å². The number of aromatic nitrogens is 1. The first kappa shape index (κ1) is 16.8. The molecule has 0 radical (unpaired) electrons. The summed E-state index contributed by atoms with van der Waals surface area (Å²) in [6, 6.07) is 2.74. The maximum absolute atomic E-state index is 11.6. The van der Waals surface area contributed by atoms with E-state index in [2.05, 4.69) is 54.4 Å². The maximum Gasteiger partial charge on any atom is 0.221 e. The lowest BCUT2D eigenvalue weighted by Gasteiger charge is -2.20. The van der Waals surface area contributed by atoms with Crippen LogP contribution in [0.1, 0.15) is 52.6 Å². The van der Waals surface area contributed by atoms with Gasteiger partial charge in [-0.3, -0.25) is 4.79 Å². The number of nitrogens with one attached hydrogen (secondary N) is 2. The second kappa shape index (κ2) is 8.10. The molecule has 0 saturated carbocycles. The van der Waals surface area contributed by atoms with Crippen molar-refractivity contribution < 1.29 is 4.79 Å². The van der Waals surface area contributed by atoms with E-state index in [1.807, 2.05) is 13.8 Å². The fourth-order valence-corrected chi connectivity index (χ4v) is 2.37. The summed E-state index contributed by atoms with van der Waals surface area (Å²) < 4.78 is 2.10. The molecule has 0 aliphatic rings. The van der Waals surface area contributed by atoms with Gasteiger partial charge >= 0.3 is 0 Å². The van der Waals surface area contributed by atoms with Crippen LogP contribution in [0.25, 0.3) is 0 Å². The van der Waals surface area contributed by atoms with E-state index in [0.29, 0.717) is 18.4 Å². The van der Waals surface area contributed by atoms with E-state index in [1.165, 1.54) is 5.56 Å².